The van der Waals surface area contributed by atoms with Crippen molar-refractivity contribution in [3.63, 3.8) is 0 Å². The van der Waals surface area contributed by atoms with Gasteiger partial charge in [0.25, 0.3) is 0 Å². The fraction of sp³-hybridized carbons (Fsp3) is 0.0714. The summed E-state index contributed by atoms with van der Waals surface area (Å²) in [5, 5.41) is -0.256. The second-order valence-electron chi connectivity index (χ2n) is 4.38. The molecular formula is C14H6F5NS2. The van der Waals surface area contributed by atoms with Crippen LogP contribution < -0.4 is 0 Å². The molecule has 0 amide bonds. The Morgan fingerprint density at radius 1 is 0.773 bits per heavy atom. The molecule has 2 heterocycles. The molecule has 3 aromatic rings. The van der Waals surface area contributed by atoms with Crippen molar-refractivity contribution in [2.24, 2.45) is 0 Å². The van der Waals surface area contributed by atoms with E-state index < -0.39 is 34.6 Å². The molecule has 0 saturated heterocycles. The minimum Gasteiger partial charge on any atom is -0.244 e. The molecule has 0 aliphatic heterocycles. The van der Waals surface area contributed by atoms with E-state index in [1.54, 1.807) is 6.07 Å². The Bertz CT molecular complexity index is 839. The molecule has 1 aromatic carbocycles. The second-order valence-corrected chi connectivity index (χ2v) is 6.70. The molecule has 0 bridgehead atoms. The molecule has 0 saturated carbocycles. The molecule has 0 aliphatic carbocycles. The van der Waals surface area contributed by atoms with Gasteiger partial charge in [-0.2, -0.15) is 0 Å². The molecule has 8 heteroatoms. The summed E-state index contributed by atoms with van der Waals surface area (Å²) in [4.78, 5) is 6.23. The first-order valence-corrected chi connectivity index (χ1v) is 7.58. The van der Waals surface area contributed by atoms with Gasteiger partial charge in [-0.05, 0) is 19.1 Å². The summed E-state index contributed by atoms with van der Waals surface area (Å²) in [6.45, 7) is 1.89. The number of hydrogen-bond donors (Lipinski definition) is 0. The molecule has 3 rings (SSSR count). The normalized spacial score (nSPS) is 11.2. The fourth-order valence-electron chi connectivity index (χ4n) is 1.86. The highest BCUT2D eigenvalue weighted by atomic mass is 32.1. The molecule has 22 heavy (non-hydrogen) atoms. The van der Waals surface area contributed by atoms with Gasteiger partial charge >= 0.3 is 0 Å². The number of benzene rings is 1. The lowest BCUT2D eigenvalue weighted by molar-refractivity contribution is 0.381. The van der Waals surface area contributed by atoms with Crippen LogP contribution >= 0.6 is 22.7 Å². The van der Waals surface area contributed by atoms with Gasteiger partial charge in [0, 0.05) is 16.0 Å². The first-order valence-electron chi connectivity index (χ1n) is 5.94. The third kappa shape index (κ3) is 2.32. The largest absolute Gasteiger partial charge is 0.244 e. The van der Waals surface area contributed by atoms with Crippen molar-refractivity contribution >= 4 is 22.7 Å². The third-order valence-electron chi connectivity index (χ3n) is 2.91. The minimum atomic E-state index is -2.18. The summed E-state index contributed by atoms with van der Waals surface area (Å²) in [6.07, 6.45) is 1.35. The molecule has 0 N–H and O–H groups in total. The maximum Gasteiger partial charge on any atom is 0.200 e. The van der Waals surface area contributed by atoms with Crippen molar-refractivity contribution in [3.8, 4) is 20.3 Å². The van der Waals surface area contributed by atoms with Crippen molar-refractivity contribution < 1.29 is 22.0 Å². The lowest BCUT2D eigenvalue weighted by Gasteiger charge is -2.05. The summed E-state index contributed by atoms with van der Waals surface area (Å²) in [5.41, 5.74) is -0.999. The average Bonchev–Trinajstić information content (AvgIpc) is 3.12. The van der Waals surface area contributed by atoms with Crippen LogP contribution in [-0.2, 0) is 0 Å². The van der Waals surface area contributed by atoms with Crippen molar-refractivity contribution in [2.75, 3.05) is 0 Å². The molecule has 1 nitrogen and oxygen atoms in total. The van der Waals surface area contributed by atoms with E-state index in [1.807, 2.05) is 13.0 Å². The zero-order valence-corrected chi connectivity index (χ0v) is 12.5. The zero-order valence-electron chi connectivity index (χ0n) is 10.9. The van der Waals surface area contributed by atoms with Crippen LogP contribution in [0.4, 0.5) is 22.0 Å². The Balaban J connectivity index is 2.15. The number of thiazole rings is 1. The van der Waals surface area contributed by atoms with Gasteiger partial charge < -0.3 is 0 Å². The van der Waals surface area contributed by atoms with Crippen LogP contribution in [0, 0.1) is 36.0 Å². The zero-order chi connectivity index (χ0) is 16.0. The highest BCUT2D eigenvalue weighted by Gasteiger charge is 2.28. The number of hydrogen-bond acceptors (Lipinski definition) is 3. The van der Waals surface area contributed by atoms with Crippen molar-refractivity contribution in [2.45, 2.75) is 6.92 Å². The van der Waals surface area contributed by atoms with Crippen LogP contribution in [-0.4, -0.2) is 4.98 Å². The SMILES string of the molecule is Cc1ccc(-c2cnc(-c3c(F)c(F)c(F)c(F)c3F)s2)s1. The fourth-order valence-corrected chi connectivity index (χ4v) is 3.75. The summed E-state index contributed by atoms with van der Waals surface area (Å²) in [7, 11) is 0. The third-order valence-corrected chi connectivity index (χ3v) is 5.12. The maximum absolute atomic E-state index is 13.8. The molecule has 0 radical (unpaired) electrons. The van der Waals surface area contributed by atoms with Gasteiger partial charge in [-0.3, -0.25) is 0 Å². The van der Waals surface area contributed by atoms with Gasteiger partial charge in [0.05, 0.1) is 10.4 Å². The van der Waals surface area contributed by atoms with Crippen LogP contribution in [0.3, 0.4) is 0 Å². The predicted molar refractivity (Wildman–Crippen MR) is 75.4 cm³/mol. The van der Waals surface area contributed by atoms with Crippen molar-refractivity contribution in [3.05, 3.63) is 52.3 Å². The first-order chi connectivity index (χ1) is 10.4. The van der Waals surface area contributed by atoms with E-state index in [0.29, 0.717) is 4.88 Å². The molecule has 0 atom stereocenters. The lowest BCUT2D eigenvalue weighted by atomic mass is 10.2. The molecule has 2 aromatic heterocycles. The van der Waals surface area contributed by atoms with Crippen LogP contribution in [0.1, 0.15) is 4.88 Å². The summed E-state index contributed by atoms with van der Waals surface area (Å²) >= 11 is 2.31. The Hall–Kier alpha value is -1.80. The van der Waals surface area contributed by atoms with Gasteiger partial charge in [0.1, 0.15) is 5.01 Å². The molecule has 0 aliphatic rings. The van der Waals surface area contributed by atoms with E-state index in [9.17, 15) is 22.0 Å². The summed E-state index contributed by atoms with van der Waals surface area (Å²) < 4.78 is 67.0. The average molecular weight is 347 g/mol. The quantitative estimate of drug-likeness (QED) is 0.337. The Morgan fingerprint density at radius 2 is 1.36 bits per heavy atom. The van der Waals surface area contributed by atoms with Crippen molar-refractivity contribution in [1.82, 2.24) is 4.98 Å². The van der Waals surface area contributed by atoms with Gasteiger partial charge in [-0.15, -0.1) is 22.7 Å². The molecule has 0 fully saturated rings. The monoisotopic (exact) mass is 347 g/mol. The number of halogens is 5. The topological polar surface area (TPSA) is 12.9 Å². The van der Waals surface area contributed by atoms with E-state index >= 15 is 0 Å². The standard InChI is InChI=1S/C14H6F5NS2/c1-5-2-3-6(21-5)7-4-20-14(22-7)8-9(15)11(17)13(19)12(18)10(8)16/h2-4H,1H3. The minimum absolute atomic E-state index is 0.256. The second kappa shape index (κ2) is 5.44. The summed E-state index contributed by atoms with van der Waals surface area (Å²) in [5.74, 6) is -9.88. The van der Waals surface area contributed by atoms with Crippen LogP contribution in [0.5, 0.6) is 0 Å². The van der Waals surface area contributed by atoms with Gasteiger partial charge in [-0.25, -0.2) is 26.9 Å². The predicted octanol–water partition coefficient (Wildman–Crippen LogP) is 5.54. The highest BCUT2D eigenvalue weighted by Crippen LogP contribution is 2.38. The van der Waals surface area contributed by atoms with Crippen LogP contribution in [0.25, 0.3) is 20.3 Å². The van der Waals surface area contributed by atoms with Gasteiger partial charge in [0.15, 0.2) is 23.3 Å². The Morgan fingerprint density at radius 3 is 1.91 bits per heavy atom. The van der Waals surface area contributed by atoms with E-state index in [0.717, 1.165) is 21.1 Å². The first kappa shape index (κ1) is 15.1. The Kier molecular flexibility index (Phi) is 3.73. The van der Waals surface area contributed by atoms with E-state index in [2.05, 4.69) is 4.98 Å². The number of aryl methyl sites for hydroxylation is 1. The molecule has 0 spiro atoms. The molecular weight excluding hydrogens is 341 g/mol. The number of nitrogens with zero attached hydrogens (tertiary/aromatic N) is 1. The van der Waals surface area contributed by atoms with Gasteiger partial charge in [-0.1, -0.05) is 0 Å². The molecule has 114 valence electrons. The highest BCUT2D eigenvalue weighted by molar-refractivity contribution is 7.23. The number of thiophene rings is 1. The van der Waals surface area contributed by atoms with Gasteiger partial charge in [0.2, 0.25) is 5.82 Å². The van der Waals surface area contributed by atoms with Crippen LogP contribution in [0.2, 0.25) is 0 Å². The van der Waals surface area contributed by atoms with Crippen molar-refractivity contribution in [1.29, 1.82) is 0 Å². The Labute approximate surface area is 129 Å². The summed E-state index contributed by atoms with van der Waals surface area (Å²) in [6, 6.07) is 3.66. The van der Waals surface area contributed by atoms with Crippen LogP contribution in [0.15, 0.2) is 18.3 Å². The van der Waals surface area contributed by atoms with E-state index in [4.69, 9.17) is 0 Å². The molecule has 0 unspecified atom stereocenters. The maximum atomic E-state index is 13.8. The van der Waals surface area contributed by atoms with E-state index in [-0.39, 0.29) is 5.01 Å². The number of aromatic nitrogens is 1. The lowest BCUT2D eigenvalue weighted by Crippen LogP contribution is -2.03. The number of rotatable bonds is 2. The van der Waals surface area contributed by atoms with E-state index in [1.165, 1.54) is 17.5 Å². The smallest absolute Gasteiger partial charge is 0.200 e.